The third-order valence-electron chi connectivity index (χ3n) is 2.49. The Morgan fingerprint density at radius 2 is 2.00 bits per heavy atom. The summed E-state index contributed by atoms with van der Waals surface area (Å²) >= 11 is 7.77. The zero-order chi connectivity index (χ0) is 12.6. The van der Waals surface area contributed by atoms with E-state index in [1.54, 1.807) is 17.4 Å². The van der Waals surface area contributed by atoms with Crippen LogP contribution >= 0.6 is 22.9 Å². The molecule has 1 aromatic heterocycles. The number of aromatic nitrogens is 1. The fraction of sp³-hybridized carbons (Fsp3) is 0.308. The Balaban J connectivity index is 2.47. The van der Waals surface area contributed by atoms with Crippen LogP contribution in [0.3, 0.4) is 0 Å². The van der Waals surface area contributed by atoms with Crippen molar-refractivity contribution in [1.29, 1.82) is 0 Å². The number of benzene rings is 1. The number of nitrogens with two attached hydrogens (primary N) is 1. The zero-order valence-electron chi connectivity index (χ0n) is 10.1. The second-order valence-electron chi connectivity index (χ2n) is 5.03. The highest BCUT2D eigenvalue weighted by molar-refractivity contribution is 7.13. The Morgan fingerprint density at radius 3 is 2.59 bits per heavy atom. The maximum atomic E-state index is 6.17. The van der Waals surface area contributed by atoms with Gasteiger partial charge in [-0.3, -0.25) is 0 Å². The molecule has 0 fully saturated rings. The van der Waals surface area contributed by atoms with Gasteiger partial charge in [0.1, 0.15) is 5.01 Å². The fourth-order valence-corrected chi connectivity index (χ4v) is 2.79. The number of halogens is 1. The van der Waals surface area contributed by atoms with E-state index < -0.39 is 0 Å². The molecular formula is C13H15ClN2S. The molecule has 0 atom stereocenters. The molecular weight excluding hydrogens is 252 g/mol. The Kier molecular flexibility index (Phi) is 3.15. The van der Waals surface area contributed by atoms with Crippen LogP contribution in [0.4, 0.5) is 5.69 Å². The molecule has 2 nitrogen and oxygen atoms in total. The van der Waals surface area contributed by atoms with E-state index in [1.165, 1.54) is 0 Å². The summed E-state index contributed by atoms with van der Waals surface area (Å²) in [5, 5.41) is 3.69. The first kappa shape index (κ1) is 12.4. The average molecular weight is 267 g/mol. The van der Waals surface area contributed by atoms with Crippen LogP contribution in [0.5, 0.6) is 0 Å². The number of rotatable bonds is 1. The predicted molar refractivity (Wildman–Crippen MR) is 75.7 cm³/mol. The summed E-state index contributed by atoms with van der Waals surface area (Å²) < 4.78 is 0. The number of thiazole rings is 1. The van der Waals surface area contributed by atoms with Crippen molar-refractivity contribution < 1.29 is 0 Å². The number of nitrogens with zero attached hydrogens (tertiary/aromatic N) is 1. The van der Waals surface area contributed by atoms with Gasteiger partial charge >= 0.3 is 0 Å². The quantitative estimate of drug-likeness (QED) is 0.780. The van der Waals surface area contributed by atoms with E-state index in [-0.39, 0.29) is 5.41 Å². The van der Waals surface area contributed by atoms with E-state index in [0.29, 0.717) is 10.7 Å². The molecule has 17 heavy (non-hydrogen) atoms. The Labute approximate surface area is 110 Å². The molecule has 4 heteroatoms. The van der Waals surface area contributed by atoms with Crippen LogP contribution in [-0.2, 0) is 5.41 Å². The van der Waals surface area contributed by atoms with E-state index >= 15 is 0 Å². The first-order valence-corrected chi connectivity index (χ1v) is 6.65. The van der Waals surface area contributed by atoms with Gasteiger partial charge in [0.15, 0.2) is 0 Å². The van der Waals surface area contributed by atoms with Crippen LogP contribution in [0.2, 0.25) is 5.02 Å². The van der Waals surface area contributed by atoms with E-state index in [4.69, 9.17) is 17.3 Å². The van der Waals surface area contributed by atoms with E-state index in [9.17, 15) is 0 Å². The minimum absolute atomic E-state index is 0.0571. The van der Waals surface area contributed by atoms with E-state index in [2.05, 4.69) is 31.1 Å². The van der Waals surface area contributed by atoms with Gasteiger partial charge in [0, 0.05) is 22.0 Å². The van der Waals surface area contributed by atoms with E-state index in [0.717, 1.165) is 16.3 Å². The van der Waals surface area contributed by atoms with Gasteiger partial charge in [-0.15, -0.1) is 11.3 Å². The van der Waals surface area contributed by atoms with Gasteiger partial charge < -0.3 is 5.73 Å². The number of hydrogen-bond donors (Lipinski definition) is 1. The lowest BCUT2D eigenvalue weighted by molar-refractivity contribution is 0.573. The summed E-state index contributed by atoms with van der Waals surface area (Å²) in [6, 6.07) is 5.47. The number of hydrogen-bond acceptors (Lipinski definition) is 3. The Morgan fingerprint density at radius 1 is 1.29 bits per heavy atom. The van der Waals surface area contributed by atoms with Crippen molar-refractivity contribution in [3.63, 3.8) is 0 Å². The summed E-state index contributed by atoms with van der Waals surface area (Å²) in [5.74, 6) is 0. The largest absolute Gasteiger partial charge is 0.399 e. The molecule has 0 radical (unpaired) electrons. The molecule has 0 unspecified atom stereocenters. The van der Waals surface area contributed by atoms with Crippen molar-refractivity contribution in [3.8, 4) is 10.6 Å². The van der Waals surface area contributed by atoms with E-state index in [1.807, 2.05) is 12.1 Å². The van der Waals surface area contributed by atoms with Crippen LogP contribution in [-0.4, -0.2) is 4.98 Å². The lowest BCUT2D eigenvalue weighted by Gasteiger charge is -2.14. The molecule has 0 saturated heterocycles. The average Bonchev–Trinajstić information content (AvgIpc) is 2.70. The lowest BCUT2D eigenvalue weighted by atomic mass is 9.93. The van der Waals surface area contributed by atoms with Crippen molar-refractivity contribution in [2.24, 2.45) is 0 Å². The van der Waals surface area contributed by atoms with Crippen molar-refractivity contribution >= 4 is 28.6 Å². The van der Waals surface area contributed by atoms with Gasteiger partial charge in [-0.1, -0.05) is 32.4 Å². The SMILES string of the molecule is CC(C)(C)c1csc(-c2cc(N)ccc2Cl)n1. The number of anilines is 1. The minimum atomic E-state index is 0.0571. The van der Waals surface area contributed by atoms with Crippen molar-refractivity contribution in [1.82, 2.24) is 4.98 Å². The Hall–Kier alpha value is -1.06. The highest BCUT2D eigenvalue weighted by Gasteiger charge is 2.18. The van der Waals surface area contributed by atoms with Crippen LogP contribution in [0, 0.1) is 0 Å². The third-order valence-corrected chi connectivity index (χ3v) is 3.70. The summed E-state index contributed by atoms with van der Waals surface area (Å²) in [4.78, 5) is 4.63. The molecule has 0 aliphatic heterocycles. The van der Waals surface area contributed by atoms with Gasteiger partial charge in [0.25, 0.3) is 0 Å². The molecule has 2 rings (SSSR count). The maximum absolute atomic E-state index is 6.17. The number of nitrogen functional groups attached to an aromatic ring is 1. The third kappa shape index (κ3) is 2.61. The zero-order valence-corrected chi connectivity index (χ0v) is 11.7. The van der Waals surface area contributed by atoms with Crippen molar-refractivity contribution in [3.05, 3.63) is 34.3 Å². The van der Waals surface area contributed by atoms with Crippen molar-refractivity contribution in [2.75, 3.05) is 5.73 Å². The molecule has 1 heterocycles. The molecule has 0 amide bonds. The summed E-state index contributed by atoms with van der Waals surface area (Å²) in [7, 11) is 0. The molecule has 0 bridgehead atoms. The molecule has 0 aliphatic carbocycles. The molecule has 2 aromatic rings. The molecule has 90 valence electrons. The van der Waals surface area contributed by atoms with Gasteiger partial charge in [0.05, 0.1) is 10.7 Å². The lowest BCUT2D eigenvalue weighted by Crippen LogP contribution is -2.11. The van der Waals surface area contributed by atoms with Crippen LogP contribution in [0.1, 0.15) is 26.5 Å². The van der Waals surface area contributed by atoms with Crippen LogP contribution < -0.4 is 5.73 Å². The van der Waals surface area contributed by atoms with Gasteiger partial charge in [-0.05, 0) is 18.2 Å². The van der Waals surface area contributed by atoms with Gasteiger partial charge in [0.2, 0.25) is 0 Å². The first-order valence-electron chi connectivity index (χ1n) is 5.39. The summed E-state index contributed by atoms with van der Waals surface area (Å²) in [6.07, 6.45) is 0. The standard InChI is InChI=1S/C13H15ClN2S/c1-13(2,3)11-7-17-12(16-11)9-6-8(15)4-5-10(9)14/h4-7H,15H2,1-3H3. The first-order chi connectivity index (χ1) is 7.88. The highest BCUT2D eigenvalue weighted by atomic mass is 35.5. The normalized spacial score (nSPS) is 11.8. The second-order valence-corrected chi connectivity index (χ2v) is 6.29. The predicted octanol–water partition coefficient (Wildman–Crippen LogP) is 4.34. The smallest absolute Gasteiger partial charge is 0.125 e. The van der Waals surface area contributed by atoms with Crippen LogP contribution in [0.15, 0.2) is 23.6 Å². The Bertz CT molecular complexity index is 541. The highest BCUT2D eigenvalue weighted by Crippen LogP contribution is 2.34. The fourth-order valence-electron chi connectivity index (χ4n) is 1.45. The molecule has 1 aromatic carbocycles. The van der Waals surface area contributed by atoms with Crippen LogP contribution in [0.25, 0.3) is 10.6 Å². The minimum Gasteiger partial charge on any atom is -0.399 e. The maximum Gasteiger partial charge on any atom is 0.125 e. The molecule has 0 aliphatic rings. The molecule has 0 spiro atoms. The summed E-state index contributed by atoms with van der Waals surface area (Å²) in [5.41, 5.74) is 8.53. The topological polar surface area (TPSA) is 38.9 Å². The second kappa shape index (κ2) is 4.31. The molecule has 2 N–H and O–H groups in total. The van der Waals surface area contributed by atoms with Crippen molar-refractivity contribution in [2.45, 2.75) is 26.2 Å². The van der Waals surface area contributed by atoms with Gasteiger partial charge in [-0.25, -0.2) is 4.98 Å². The monoisotopic (exact) mass is 266 g/mol. The van der Waals surface area contributed by atoms with Gasteiger partial charge in [-0.2, -0.15) is 0 Å². The molecule has 0 saturated carbocycles. The summed E-state index contributed by atoms with van der Waals surface area (Å²) in [6.45, 7) is 6.44.